The predicted molar refractivity (Wildman–Crippen MR) is 19.8 cm³/mol. The molecular formula is C4H9Cl3OV. The van der Waals surface area contributed by atoms with Crippen LogP contribution in [0.25, 0.3) is 0 Å². The van der Waals surface area contributed by atoms with Crippen molar-refractivity contribution in [2.45, 2.75) is 19.8 Å². The molecule has 9 heavy (non-hydrogen) atoms. The molecule has 0 amide bonds. The first-order valence-electron chi connectivity index (χ1n) is 2.00. The fraction of sp³-hybridized carbons (Fsp3) is 1.00. The van der Waals surface area contributed by atoms with Gasteiger partial charge in [0.2, 0.25) is 0 Å². The summed E-state index contributed by atoms with van der Waals surface area (Å²) in [4.78, 5) is 0. The van der Waals surface area contributed by atoms with Gasteiger partial charge in [0.1, 0.15) is 0 Å². The first kappa shape index (κ1) is 31.5. The summed E-state index contributed by atoms with van der Waals surface area (Å²) in [6.45, 7) is 2.11. The van der Waals surface area contributed by atoms with Crippen molar-refractivity contribution < 1.29 is 60.9 Å². The predicted octanol–water partition coefficient (Wildman–Crippen LogP) is -8.84. The molecule has 0 saturated carbocycles. The molecule has 0 atom stereocenters. The Balaban J connectivity index is -0.0000000133. The fourth-order valence-electron chi connectivity index (χ4n) is 0.144. The second kappa shape index (κ2) is 34.2. The van der Waals surface area contributed by atoms with Crippen LogP contribution in [0.5, 0.6) is 0 Å². The summed E-state index contributed by atoms with van der Waals surface area (Å²) in [5, 5.41) is 9.53. The molecule has 1 radical (unpaired) electrons. The number of hydrogen-bond acceptors (Lipinski definition) is 1. The molecule has 0 unspecified atom stereocenters. The molecule has 0 fully saturated rings. The Labute approximate surface area is 87.1 Å². The molecule has 0 heterocycles. The van der Waals surface area contributed by atoms with E-state index in [2.05, 4.69) is 0 Å². The average molecular weight is 230 g/mol. The fourth-order valence-corrected chi connectivity index (χ4v) is 0.144. The monoisotopic (exact) mass is 229 g/mol. The molecule has 0 rings (SSSR count). The van der Waals surface area contributed by atoms with Crippen molar-refractivity contribution in [3.05, 3.63) is 0 Å². The Bertz CT molecular complexity index is 23.3. The standard InChI is InChI=1S/C4H9O.3ClH.V/c1-2-3-4-5;;;;/h2-4H2,1H3;3*1H;/q-1;;;;+4/p-3. The van der Waals surface area contributed by atoms with Crippen molar-refractivity contribution in [1.29, 1.82) is 0 Å². The molecule has 0 aliphatic heterocycles. The summed E-state index contributed by atoms with van der Waals surface area (Å²) in [5.74, 6) is 0. The molecule has 0 spiro atoms. The molecule has 1 nitrogen and oxygen atoms in total. The van der Waals surface area contributed by atoms with Crippen LogP contribution in [0.15, 0.2) is 0 Å². The van der Waals surface area contributed by atoms with Gasteiger partial charge in [-0.3, -0.25) is 0 Å². The zero-order valence-electron chi connectivity index (χ0n) is 5.11. The van der Waals surface area contributed by atoms with Gasteiger partial charge in [-0.2, -0.15) is 0 Å². The summed E-state index contributed by atoms with van der Waals surface area (Å²) in [5.41, 5.74) is 0. The summed E-state index contributed by atoms with van der Waals surface area (Å²) < 4.78 is 0. The molecular weight excluding hydrogens is 221 g/mol. The van der Waals surface area contributed by atoms with E-state index in [4.69, 9.17) is 0 Å². The summed E-state index contributed by atoms with van der Waals surface area (Å²) in [6, 6.07) is 0. The van der Waals surface area contributed by atoms with Gasteiger partial charge in [0.05, 0.1) is 0 Å². The molecule has 0 N–H and O–H groups in total. The number of rotatable bonds is 2. The third-order valence-electron chi connectivity index (χ3n) is 0.498. The van der Waals surface area contributed by atoms with E-state index >= 15 is 0 Å². The second-order valence-corrected chi connectivity index (χ2v) is 1.06. The van der Waals surface area contributed by atoms with E-state index in [1.165, 1.54) is 0 Å². The van der Waals surface area contributed by atoms with Gasteiger partial charge >= 0.3 is 18.6 Å². The van der Waals surface area contributed by atoms with Gasteiger partial charge in [0.25, 0.3) is 0 Å². The molecule has 0 aromatic rings. The quantitative estimate of drug-likeness (QED) is 0.462. The van der Waals surface area contributed by atoms with Crippen LogP contribution >= 0.6 is 0 Å². The van der Waals surface area contributed by atoms with Crippen LogP contribution in [0.3, 0.4) is 0 Å². The Kier molecular flexibility index (Phi) is 120. The van der Waals surface area contributed by atoms with Crippen molar-refractivity contribution >= 4 is 0 Å². The number of unbranched alkanes of at least 4 members (excludes halogenated alkanes) is 1. The topological polar surface area (TPSA) is 23.1 Å². The molecule has 0 aliphatic rings. The Morgan fingerprint density at radius 1 is 1.11 bits per heavy atom. The third-order valence-corrected chi connectivity index (χ3v) is 0.498. The van der Waals surface area contributed by atoms with Gasteiger partial charge < -0.3 is 42.3 Å². The maximum Gasteiger partial charge on any atom is 4.00 e. The zero-order valence-corrected chi connectivity index (χ0v) is 8.78. The van der Waals surface area contributed by atoms with Gasteiger partial charge in [-0.1, -0.05) is 19.8 Å². The summed E-state index contributed by atoms with van der Waals surface area (Å²) >= 11 is 0. The molecule has 0 bridgehead atoms. The van der Waals surface area contributed by atoms with Crippen molar-refractivity contribution in [3.63, 3.8) is 0 Å². The smallest absolute Gasteiger partial charge is 1.00 e. The Morgan fingerprint density at radius 3 is 1.44 bits per heavy atom. The number of halogens is 3. The van der Waals surface area contributed by atoms with Crippen LogP contribution in [-0.2, 0) is 18.6 Å². The largest absolute Gasteiger partial charge is 4.00 e. The normalized spacial score (nSPS) is 4.67. The molecule has 5 heteroatoms. The van der Waals surface area contributed by atoms with Crippen molar-refractivity contribution in [1.82, 2.24) is 0 Å². The van der Waals surface area contributed by atoms with Gasteiger partial charge in [-0.05, 0) is 0 Å². The van der Waals surface area contributed by atoms with E-state index in [1.807, 2.05) is 6.92 Å². The van der Waals surface area contributed by atoms with Crippen LogP contribution in [-0.4, -0.2) is 6.61 Å². The van der Waals surface area contributed by atoms with Crippen LogP contribution in [0.4, 0.5) is 0 Å². The van der Waals surface area contributed by atoms with Crippen LogP contribution in [0.1, 0.15) is 19.8 Å². The van der Waals surface area contributed by atoms with E-state index < -0.39 is 0 Å². The molecule has 0 aromatic carbocycles. The SMILES string of the molecule is CCCC[O-].[Cl-].[Cl-].[Cl-].[V+4]. The Hall–Kier alpha value is 1.41. The minimum atomic E-state index is 0. The van der Waals surface area contributed by atoms with Crippen LogP contribution < -0.4 is 42.3 Å². The molecule has 0 saturated heterocycles. The zero-order chi connectivity index (χ0) is 4.12. The van der Waals surface area contributed by atoms with Crippen LogP contribution in [0.2, 0.25) is 0 Å². The van der Waals surface area contributed by atoms with Crippen molar-refractivity contribution in [3.8, 4) is 0 Å². The van der Waals surface area contributed by atoms with Crippen molar-refractivity contribution in [2.24, 2.45) is 0 Å². The summed E-state index contributed by atoms with van der Waals surface area (Å²) in [7, 11) is 0. The average Bonchev–Trinajstić information content (AvgIpc) is 1.41. The first-order chi connectivity index (χ1) is 2.41. The molecule has 57 valence electrons. The van der Waals surface area contributed by atoms with Gasteiger partial charge in [0.15, 0.2) is 0 Å². The first-order valence-corrected chi connectivity index (χ1v) is 2.00. The number of hydrogen-bond donors (Lipinski definition) is 0. The molecule has 0 aliphatic carbocycles. The van der Waals surface area contributed by atoms with Crippen LogP contribution in [0, 0.1) is 0 Å². The summed E-state index contributed by atoms with van der Waals surface area (Å²) in [6.07, 6.45) is 1.86. The van der Waals surface area contributed by atoms with E-state index in [9.17, 15) is 5.11 Å². The van der Waals surface area contributed by atoms with Gasteiger partial charge in [-0.15, -0.1) is 6.61 Å². The third kappa shape index (κ3) is 44.4. The van der Waals surface area contributed by atoms with Gasteiger partial charge in [-0.25, -0.2) is 0 Å². The van der Waals surface area contributed by atoms with Gasteiger partial charge in [0, 0.05) is 0 Å². The minimum Gasteiger partial charge on any atom is -1.00 e. The van der Waals surface area contributed by atoms with E-state index in [0.29, 0.717) is 0 Å². The minimum absolute atomic E-state index is 0. The van der Waals surface area contributed by atoms with Crippen molar-refractivity contribution in [2.75, 3.05) is 6.61 Å². The maximum absolute atomic E-state index is 9.53. The maximum atomic E-state index is 9.53. The van der Waals surface area contributed by atoms with E-state index in [0.717, 1.165) is 12.8 Å². The molecule has 0 aromatic heterocycles. The Morgan fingerprint density at radius 2 is 1.44 bits per heavy atom. The van der Waals surface area contributed by atoms with E-state index in [1.54, 1.807) is 0 Å². The van der Waals surface area contributed by atoms with E-state index in [-0.39, 0.29) is 62.4 Å². The second-order valence-electron chi connectivity index (χ2n) is 1.06.